The van der Waals surface area contributed by atoms with E-state index >= 15 is 0 Å². The minimum atomic E-state index is -0.232. The van der Waals surface area contributed by atoms with Gasteiger partial charge in [0, 0.05) is 23.0 Å². The summed E-state index contributed by atoms with van der Waals surface area (Å²) < 4.78 is 5.40. The summed E-state index contributed by atoms with van der Waals surface area (Å²) in [6.07, 6.45) is 2.29. The molecule has 3 aromatic rings. The van der Waals surface area contributed by atoms with Crippen molar-refractivity contribution >= 4 is 34.1 Å². The number of carbonyl (C=O) groups excluding carboxylic acids is 1. The number of rotatable bonds is 2. The molecule has 2 atom stereocenters. The lowest BCUT2D eigenvalue weighted by molar-refractivity contribution is -0.129. The minimum absolute atomic E-state index is 0.0409. The molecule has 0 radical (unpaired) electrons. The van der Waals surface area contributed by atoms with E-state index in [1.54, 1.807) is 11.2 Å². The molecule has 0 bridgehead atoms. The Hall–Kier alpha value is -2.60. The van der Waals surface area contributed by atoms with E-state index in [2.05, 4.69) is 28.9 Å². The number of benzene rings is 1. The fourth-order valence-corrected chi connectivity index (χ4v) is 4.56. The maximum atomic E-state index is 13.0. The molecule has 0 spiro atoms. The number of thiocarbonyl (C=S) groups is 1. The lowest BCUT2D eigenvalue weighted by Crippen LogP contribution is -2.42. The quantitative estimate of drug-likeness (QED) is 0.719. The van der Waals surface area contributed by atoms with Gasteiger partial charge in [0.2, 0.25) is 0 Å². The first-order valence-electron chi connectivity index (χ1n) is 8.40. The van der Waals surface area contributed by atoms with Crippen LogP contribution in [-0.2, 0) is 17.8 Å². The molecule has 6 heteroatoms. The van der Waals surface area contributed by atoms with Crippen LogP contribution in [0.25, 0.3) is 10.9 Å². The smallest absolute Gasteiger partial charge is 0.252 e. The van der Waals surface area contributed by atoms with Crippen molar-refractivity contribution in [1.29, 1.82) is 0 Å². The van der Waals surface area contributed by atoms with Gasteiger partial charge in [-0.05, 0) is 42.9 Å². The zero-order chi connectivity index (χ0) is 17.1. The summed E-state index contributed by atoms with van der Waals surface area (Å²) in [6.45, 7) is 2.50. The molecule has 5 nitrogen and oxygen atoms in total. The second-order valence-corrected chi connectivity index (χ2v) is 7.02. The standard InChI is InChI=1S/C19H17N3O2S/c1-11-17-14(13-6-2-3-7-15(13)20-17)9-16-18(23)21(19(25)22(11)16)10-12-5-4-8-24-12/h2-8,11,16,20H,9-10H2,1H3/t11-,16-/m1/s1. The molecule has 0 saturated carbocycles. The Labute approximate surface area is 150 Å². The Kier molecular flexibility index (Phi) is 3.06. The zero-order valence-corrected chi connectivity index (χ0v) is 14.5. The first-order chi connectivity index (χ1) is 12.1. The Morgan fingerprint density at radius 2 is 2.12 bits per heavy atom. The largest absolute Gasteiger partial charge is 0.467 e. The van der Waals surface area contributed by atoms with Crippen molar-refractivity contribution in [2.24, 2.45) is 0 Å². The van der Waals surface area contributed by atoms with E-state index in [0.29, 0.717) is 18.1 Å². The number of nitrogens with zero attached hydrogens (tertiary/aromatic N) is 2. The van der Waals surface area contributed by atoms with Gasteiger partial charge in [0.05, 0.1) is 18.8 Å². The van der Waals surface area contributed by atoms with E-state index in [1.165, 1.54) is 10.9 Å². The fourth-order valence-electron chi connectivity index (χ4n) is 4.12. The third kappa shape index (κ3) is 2.00. The SMILES string of the molecule is C[C@@H]1c2[nH]c3ccccc3c2C[C@@H]2C(=O)N(Cc3ccco3)C(=S)N21. The van der Waals surface area contributed by atoms with Gasteiger partial charge < -0.3 is 14.3 Å². The Morgan fingerprint density at radius 3 is 2.92 bits per heavy atom. The van der Waals surface area contributed by atoms with Crippen molar-refractivity contribution in [1.82, 2.24) is 14.8 Å². The van der Waals surface area contributed by atoms with E-state index in [0.717, 1.165) is 17.0 Å². The molecule has 1 N–H and O–H groups in total. The second-order valence-electron chi connectivity index (χ2n) is 6.65. The van der Waals surface area contributed by atoms with E-state index in [1.807, 2.05) is 24.3 Å². The number of aromatic nitrogens is 1. The first-order valence-corrected chi connectivity index (χ1v) is 8.81. The van der Waals surface area contributed by atoms with Crippen LogP contribution in [-0.4, -0.2) is 31.8 Å². The van der Waals surface area contributed by atoms with Crippen molar-refractivity contribution in [3.05, 3.63) is 59.7 Å². The van der Waals surface area contributed by atoms with E-state index in [-0.39, 0.29) is 18.0 Å². The number of hydrogen-bond donors (Lipinski definition) is 1. The summed E-state index contributed by atoms with van der Waals surface area (Å²) in [7, 11) is 0. The molecule has 2 aliphatic heterocycles. The molecule has 126 valence electrons. The number of para-hydroxylation sites is 1. The maximum Gasteiger partial charge on any atom is 0.252 e. The normalized spacial score (nSPS) is 22.6. The van der Waals surface area contributed by atoms with Crippen LogP contribution in [0.2, 0.25) is 0 Å². The predicted molar refractivity (Wildman–Crippen MR) is 97.9 cm³/mol. The highest BCUT2D eigenvalue weighted by atomic mass is 32.1. The number of H-pyrrole nitrogens is 1. The van der Waals surface area contributed by atoms with Gasteiger partial charge in [-0.1, -0.05) is 18.2 Å². The number of aromatic amines is 1. The first kappa shape index (κ1) is 14.7. The van der Waals surface area contributed by atoms with Crippen molar-refractivity contribution in [3.63, 3.8) is 0 Å². The van der Waals surface area contributed by atoms with Gasteiger partial charge in [-0.25, -0.2) is 0 Å². The molecule has 1 fully saturated rings. The van der Waals surface area contributed by atoms with Crippen molar-refractivity contribution in [2.45, 2.75) is 32.0 Å². The molecule has 0 unspecified atom stereocenters. The van der Waals surface area contributed by atoms with Crippen LogP contribution in [0.4, 0.5) is 0 Å². The van der Waals surface area contributed by atoms with Crippen LogP contribution in [0.5, 0.6) is 0 Å². The van der Waals surface area contributed by atoms with E-state index in [9.17, 15) is 4.79 Å². The van der Waals surface area contributed by atoms with Gasteiger partial charge in [-0.2, -0.15) is 0 Å². The van der Waals surface area contributed by atoms with Crippen LogP contribution < -0.4 is 0 Å². The fraction of sp³-hybridized carbons (Fsp3) is 0.263. The highest BCUT2D eigenvalue weighted by Crippen LogP contribution is 2.40. The van der Waals surface area contributed by atoms with Crippen LogP contribution in [0.1, 0.15) is 30.0 Å². The number of hydrogen-bond acceptors (Lipinski definition) is 3. The molecule has 0 aliphatic carbocycles. The van der Waals surface area contributed by atoms with Crippen molar-refractivity contribution in [3.8, 4) is 0 Å². The second kappa shape index (κ2) is 5.20. The lowest BCUT2D eigenvalue weighted by Gasteiger charge is -2.34. The molecule has 25 heavy (non-hydrogen) atoms. The molecule has 2 aliphatic rings. The van der Waals surface area contributed by atoms with Crippen molar-refractivity contribution < 1.29 is 9.21 Å². The Balaban J connectivity index is 1.55. The van der Waals surface area contributed by atoms with Gasteiger partial charge >= 0.3 is 0 Å². The number of amides is 1. The summed E-state index contributed by atoms with van der Waals surface area (Å²) >= 11 is 5.65. The number of fused-ring (bicyclic) bond motifs is 4. The summed E-state index contributed by atoms with van der Waals surface area (Å²) in [5, 5.41) is 1.79. The molecule has 1 amide bonds. The van der Waals surface area contributed by atoms with Crippen LogP contribution in [0.15, 0.2) is 47.1 Å². The summed E-state index contributed by atoms with van der Waals surface area (Å²) in [5.74, 6) is 0.802. The number of carbonyl (C=O) groups is 1. The summed E-state index contributed by atoms with van der Waals surface area (Å²) in [5.41, 5.74) is 3.51. The highest BCUT2D eigenvalue weighted by Gasteiger charge is 2.48. The summed E-state index contributed by atoms with van der Waals surface area (Å²) in [6, 6.07) is 11.8. The van der Waals surface area contributed by atoms with Gasteiger partial charge in [0.15, 0.2) is 5.11 Å². The highest BCUT2D eigenvalue weighted by molar-refractivity contribution is 7.80. The Bertz CT molecular complexity index is 991. The molecule has 1 saturated heterocycles. The van der Waals surface area contributed by atoms with Gasteiger partial charge in [-0.15, -0.1) is 0 Å². The van der Waals surface area contributed by atoms with E-state index in [4.69, 9.17) is 16.6 Å². The molecular formula is C19H17N3O2S. The lowest BCUT2D eigenvalue weighted by atomic mass is 9.93. The van der Waals surface area contributed by atoms with Crippen LogP contribution in [0, 0.1) is 0 Å². The molecule has 1 aromatic carbocycles. The van der Waals surface area contributed by atoms with Gasteiger partial charge in [-0.3, -0.25) is 9.69 Å². The maximum absolute atomic E-state index is 13.0. The van der Waals surface area contributed by atoms with Crippen molar-refractivity contribution in [2.75, 3.05) is 0 Å². The molecule has 5 rings (SSSR count). The topological polar surface area (TPSA) is 52.5 Å². The van der Waals surface area contributed by atoms with E-state index < -0.39 is 0 Å². The number of nitrogens with one attached hydrogen (secondary N) is 1. The van der Waals surface area contributed by atoms with Crippen LogP contribution >= 0.6 is 12.2 Å². The third-order valence-corrected chi connectivity index (χ3v) is 5.74. The zero-order valence-electron chi connectivity index (χ0n) is 13.7. The minimum Gasteiger partial charge on any atom is -0.467 e. The van der Waals surface area contributed by atoms with Crippen LogP contribution in [0.3, 0.4) is 0 Å². The Morgan fingerprint density at radius 1 is 1.28 bits per heavy atom. The molecule has 4 heterocycles. The monoisotopic (exact) mass is 351 g/mol. The average Bonchev–Trinajstić information content (AvgIpc) is 3.30. The predicted octanol–water partition coefficient (Wildman–Crippen LogP) is 3.38. The van der Waals surface area contributed by atoms with Gasteiger partial charge in [0.1, 0.15) is 11.8 Å². The summed E-state index contributed by atoms with van der Waals surface area (Å²) in [4.78, 5) is 20.3. The number of furan rings is 1. The molecular weight excluding hydrogens is 334 g/mol. The average molecular weight is 351 g/mol. The van der Waals surface area contributed by atoms with Gasteiger partial charge in [0.25, 0.3) is 5.91 Å². The third-order valence-electron chi connectivity index (χ3n) is 5.31. The molecule has 2 aromatic heterocycles.